The van der Waals surface area contributed by atoms with E-state index in [4.69, 9.17) is 16.6 Å². The number of rotatable bonds is 7. The van der Waals surface area contributed by atoms with Crippen molar-refractivity contribution in [3.05, 3.63) is 23.3 Å². The van der Waals surface area contributed by atoms with E-state index in [9.17, 15) is 9.59 Å². The standard InChI is InChI=1S/C13H19N3O3/c1-8-6-9(7-10(12(8)15)13(18)19)16-5-3-2-4-11(14)17/h6-7,16H,2-5,15H2,1H3,(H2,14,17)(H,18,19). The molecular weight excluding hydrogens is 246 g/mol. The molecule has 0 radical (unpaired) electrons. The molecule has 0 aromatic heterocycles. The molecular formula is C13H19N3O3. The van der Waals surface area contributed by atoms with Gasteiger partial charge in [0.15, 0.2) is 0 Å². The predicted molar refractivity (Wildman–Crippen MR) is 74.1 cm³/mol. The number of carbonyl (C=O) groups excluding carboxylic acids is 1. The Hall–Kier alpha value is -2.24. The Morgan fingerprint density at radius 1 is 1.32 bits per heavy atom. The molecule has 6 N–H and O–H groups in total. The second kappa shape index (κ2) is 6.63. The molecule has 0 spiro atoms. The number of benzene rings is 1. The van der Waals surface area contributed by atoms with E-state index in [0.717, 1.165) is 12.0 Å². The number of anilines is 2. The fourth-order valence-corrected chi connectivity index (χ4v) is 1.73. The van der Waals surface area contributed by atoms with Crippen LogP contribution in [0.15, 0.2) is 12.1 Å². The fourth-order valence-electron chi connectivity index (χ4n) is 1.73. The first-order valence-electron chi connectivity index (χ1n) is 6.07. The second-order valence-corrected chi connectivity index (χ2v) is 4.41. The predicted octanol–water partition coefficient (Wildman–Crippen LogP) is 1.34. The van der Waals surface area contributed by atoms with E-state index in [-0.39, 0.29) is 17.2 Å². The number of nitrogens with two attached hydrogens (primary N) is 2. The summed E-state index contributed by atoms with van der Waals surface area (Å²) in [6.45, 7) is 2.41. The lowest BCUT2D eigenvalue weighted by Gasteiger charge is -2.11. The maximum atomic E-state index is 11.0. The Morgan fingerprint density at radius 2 is 2.00 bits per heavy atom. The number of aryl methyl sites for hydroxylation is 1. The number of aromatic carboxylic acids is 1. The zero-order valence-corrected chi connectivity index (χ0v) is 10.9. The summed E-state index contributed by atoms with van der Waals surface area (Å²) < 4.78 is 0. The van der Waals surface area contributed by atoms with E-state index in [0.29, 0.717) is 25.1 Å². The lowest BCUT2D eigenvalue weighted by atomic mass is 10.1. The lowest BCUT2D eigenvalue weighted by molar-refractivity contribution is -0.118. The Morgan fingerprint density at radius 3 is 2.58 bits per heavy atom. The molecule has 1 aromatic carbocycles. The maximum absolute atomic E-state index is 11.0. The molecule has 1 amide bonds. The van der Waals surface area contributed by atoms with Gasteiger partial charge in [0.05, 0.1) is 5.56 Å². The summed E-state index contributed by atoms with van der Waals surface area (Å²) in [7, 11) is 0. The van der Waals surface area contributed by atoms with Gasteiger partial charge in [-0.25, -0.2) is 4.79 Å². The summed E-state index contributed by atoms with van der Waals surface area (Å²) in [4.78, 5) is 21.6. The maximum Gasteiger partial charge on any atom is 0.337 e. The Balaban J connectivity index is 2.59. The van der Waals surface area contributed by atoms with Crippen LogP contribution in [0.25, 0.3) is 0 Å². The quantitative estimate of drug-likeness (QED) is 0.438. The molecule has 1 rings (SSSR count). The van der Waals surface area contributed by atoms with Crippen molar-refractivity contribution < 1.29 is 14.7 Å². The molecule has 19 heavy (non-hydrogen) atoms. The first kappa shape index (κ1) is 14.8. The van der Waals surface area contributed by atoms with Gasteiger partial charge in [0.25, 0.3) is 0 Å². The van der Waals surface area contributed by atoms with Gasteiger partial charge >= 0.3 is 5.97 Å². The largest absolute Gasteiger partial charge is 0.478 e. The average Bonchev–Trinajstić information content (AvgIpc) is 2.32. The SMILES string of the molecule is Cc1cc(NCCCCC(N)=O)cc(C(=O)O)c1N. The summed E-state index contributed by atoms with van der Waals surface area (Å²) in [5.41, 5.74) is 12.6. The summed E-state index contributed by atoms with van der Waals surface area (Å²) in [5, 5.41) is 12.1. The minimum absolute atomic E-state index is 0.0969. The molecule has 0 unspecified atom stereocenters. The van der Waals surface area contributed by atoms with Crippen LogP contribution in [-0.4, -0.2) is 23.5 Å². The van der Waals surface area contributed by atoms with E-state index >= 15 is 0 Å². The molecule has 0 bridgehead atoms. The van der Waals surface area contributed by atoms with E-state index in [1.165, 1.54) is 6.07 Å². The number of primary amides is 1. The van der Waals surface area contributed by atoms with Gasteiger partial charge in [-0.2, -0.15) is 0 Å². The van der Waals surface area contributed by atoms with Crippen molar-refractivity contribution >= 4 is 23.3 Å². The molecule has 6 heteroatoms. The van der Waals surface area contributed by atoms with E-state index in [1.54, 1.807) is 13.0 Å². The first-order valence-corrected chi connectivity index (χ1v) is 6.07. The number of hydrogen-bond acceptors (Lipinski definition) is 4. The average molecular weight is 265 g/mol. The van der Waals surface area contributed by atoms with Gasteiger partial charge in [-0.3, -0.25) is 4.79 Å². The van der Waals surface area contributed by atoms with Gasteiger partial charge in [0, 0.05) is 24.3 Å². The molecule has 6 nitrogen and oxygen atoms in total. The van der Waals surface area contributed by atoms with Crippen LogP contribution in [0.5, 0.6) is 0 Å². The van der Waals surface area contributed by atoms with Crippen LogP contribution in [0.3, 0.4) is 0 Å². The van der Waals surface area contributed by atoms with Crippen molar-refractivity contribution in [2.24, 2.45) is 5.73 Å². The number of nitrogens with one attached hydrogen (secondary N) is 1. The Bertz CT molecular complexity index is 486. The van der Waals surface area contributed by atoms with Crippen LogP contribution in [0.4, 0.5) is 11.4 Å². The van der Waals surface area contributed by atoms with Crippen LogP contribution in [-0.2, 0) is 4.79 Å². The molecule has 0 aliphatic rings. The number of amides is 1. The highest BCUT2D eigenvalue weighted by Crippen LogP contribution is 2.22. The van der Waals surface area contributed by atoms with E-state index in [2.05, 4.69) is 5.32 Å². The number of hydrogen-bond donors (Lipinski definition) is 4. The molecule has 0 fully saturated rings. The summed E-state index contributed by atoms with van der Waals surface area (Å²) in [5.74, 6) is -1.35. The van der Waals surface area contributed by atoms with Gasteiger partial charge in [-0.1, -0.05) is 0 Å². The smallest absolute Gasteiger partial charge is 0.337 e. The molecule has 0 saturated heterocycles. The summed E-state index contributed by atoms with van der Waals surface area (Å²) in [6.07, 6.45) is 1.86. The summed E-state index contributed by atoms with van der Waals surface area (Å²) in [6, 6.07) is 3.31. The third kappa shape index (κ3) is 4.50. The van der Waals surface area contributed by atoms with Crippen molar-refractivity contribution in [3.63, 3.8) is 0 Å². The van der Waals surface area contributed by atoms with Gasteiger partial charge in [-0.15, -0.1) is 0 Å². The van der Waals surface area contributed by atoms with Crippen molar-refractivity contribution in [2.75, 3.05) is 17.6 Å². The third-order valence-corrected chi connectivity index (χ3v) is 2.80. The third-order valence-electron chi connectivity index (χ3n) is 2.80. The molecule has 0 atom stereocenters. The van der Waals surface area contributed by atoms with Crippen LogP contribution in [0.2, 0.25) is 0 Å². The Kier molecular flexibility index (Phi) is 5.17. The monoisotopic (exact) mass is 265 g/mol. The van der Waals surface area contributed by atoms with Crippen LogP contribution in [0.1, 0.15) is 35.2 Å². The molecule has 0 aliphatic heterocycles. The number of carboxylic acids is 1. The van der Waals surface area contributed by atoms with Crippen molar-refractivity contribution in [3.8, 4) is 0 Å². The first-order chi connectivity index (χ1) is 8.91. The molecule has 104 valence electrons. The normalized spacial score (nSPS) is 10.2. The number of carbonyl (C=O) groups is 2. The highest BCUT2D eigenvalue weighted by Gasteiger charge is 2.11. The summed E-state index contributed by atoms with van der Waals surface area (Å²) >= 11 is 0. The highest BCUT2D eigenvalue weighted by atomic mass is 16.4. The lowest BCUT2D eigenvalue weighted by Crippen LogP contribution is -2.11. The van der Waals surface area contributed by atoms with Crippen molar-refractivity contribution in [1.29, 1.82) is 0 Å². The number of unbranched alkanes of at least 4 members (excludes halogenated alkanes) is 1. The molecule has 1 aromatic rings. The molecule has 0 aliphatic carbocycles. The van der Waals surface area contributed by atoms with Crippen molar-refractivity contribution in [1.82, 2.24) is 0 Å². The van der Waals surface area contributed by atoms with Gasteiger partial charge in [0.1, 0.15) is 0 Å². The zero-order valence-electron chi connectivity index (χ0n) is 10.9. The zero-order chi connectivity index (χ0) is 14.4. The molecule has 0 saturated carbocycles. The molecule has 0 heterocycles. The topological polar surface area (TPSA) is 118 Å². The van der Waals surface area contributed by atoms with Gasteiger partial charge in [-0.05, 0) is 37.5 Å². The van der Waals surface area contributed by atoms with E-state index in [1.807, 2.05) is 0 Å². The Labute approximate surface area is 111 Å². The second-order valence-electron chi connectivity index (χ2n) is 4.41. The van der Waals surface area contributed by atoms with Crippen LogP contribution in [0, 0.1) is 6.92 Å². The highest BCUT2D eigenvalue weighted by molar-refractivity contribution is 5.95. The minimum Gasteiger partial charge on any atom is -0.478 e. The van der Waals surface area contributed by atoms with Crippen molar-refractivity contribution in [2.45, 2.75) is 26.2 Å². The van der Waals surface area contributed by atoms with Gasteiger partial charge in [0.2, 0.25) is 5.91 Å². The van der Waals surface area contributed by atoms with Crippen LogP contribution < -0.4 is 16.8 Å². The van der Waals surface area contributed by atoms with Gasteiger partial charge < -0.3 is 21.9 Å². The van der Waals surface area contributed by atoms with Crippen LogP contribution >= 0.6 is 0 Å². The minimum atomic E-state index is -1.04. The van der Waals surface area contributed by atoms with E-state index < -0.39 is 5.97 Å². The number of nitrogen functional groups attached to an aromatic ring is 1. The fraction of sp³-hybridized carbons (Fsp3) is 0.385. The number of carboxylic acid groups (broad SMARTS) is 1.